The number of hydrogen-bond acceptors (Lipinski definition) is 5. The fourth-order valence-electron chi connectivity index (χ4n) is 1.03. The zero-order chi connectivity index (χ0) is 11.1. The van der Waals surface area contributed by atoms with E-state index in [4.69, 9.17) is 0 Å². The molecule has 0 fully saturated rings. The molecule has 0 unspecified atom stereocenters. The van der Waals surface area contributed by atoms with Crippen molar-refractivity contribution in [1.82, 2.24) is 0 Å². The summed E-state index contributed by atoms with van der Waals surface area (Å²) in [6.07, 6.45) is 0.906. The molecule has 0 bridgehead atoms. The molecule has 1 atom stereocenters. The van der Waals surface area contributed by atoms with Crippen molar-refractivity contribution >= 4 is 17.7 Å². The molecule has 0 aliphatic carbocycles. The fraction of sp³-hybridized carbons (Fsp3) is 0.667. The SMILES string of the molecule is CCC[C@H](C(=O)OC)C(=O)C(=O)OC. The van der Waals surface area contributed by atoms with E-state index < -0.39 is 23.6 Å². The molecule has 0 aliphatic heterocycles. The summed E-state index contributed by atoms with van der Waals surface area (Å²) in [6.45, 7) is 1.81. The van der Waals surface area contributed by atoms with E-state index in [2.05, 4.69) is 9.47 Å². The maximum absolute atomic E-state index is 11.3. The van der Waals surface area contributed by atoms with Crippen molar-refractivity contribution in [3.63, 3.8) is 0 Å². The van der Waals surface area contributed by atoms with Gasteiger partial charge in [-0.2, -0.15) is 0 Å². The van der Waals surface area contributed by atoms with E-state index in [0.29, 0.717) is 12.8 Å². The molecular formula is C9H14O5. The van der Waals surface area contributed by atoms with Gasteiger partial charge in [0.1, 0.15) is 5.92 Å². The predicted molar refractivity (Wildman–Crippen MR) is 47.4 cm³/mol. The molecule has 14 heavy (non-hydrogen) atoms. The van der Waals surface area contributed by atoms with E-state index in [1.807, 2.05) is 0 Å². The van der Waals surface area contributed by atoms with Crippen molar-refractivity contribution in [2.75, 3.05) is 14.2 Å². The van der Waals surface area contributed by atoms with Gasteiger partial charge >= 0.3 is 11.9 Å². The highest BCUT2D eigenvalue weighted by Gasteiger charge is 2.32. The van der Waals surface area contributed by atoms with Gasteiger partial charge in [-0.05, 0) is 6.42 Å². The second-order valence-corrected chi connectivity index (χ2v) is 2.72. The van der Waals surface area contributed by atoms with Crippen LogP contribution in [-0.4, -0.2) is 31.9 Å². The Morgan fingerprint density at radius 3 is 2.07 bits per heavy atom. The van der Waals surface area contributed by atoms with Crippen LogP contribution in [0.15, 0.2) is 0 Å². The van der Waals surface area contributed by atoms with E-state index in [1.54, 1.807) is 6.92 Å². The average Bonchev–Trinajstić information content (AvgIpc) is 2.22. The summed E-state index contributed by atoms with van der Waals surface area (Å²) in [5.74, 6) is -3.57. The van der Waals surface area contributed by atoms with Gasteiger partial charge in [0.2, 0.25) is 0 Å². The second kappa shape index (κ2) is 6.12. The molecule has 5 heteroatoms. The molecule has 0 amide bonds. The molecule has 0 aromatic carbocycles. The monoisotopic (exact) mass is 202 g/mol. The minimum Gasteiger partial charge on any atom is -0.468 e. The van der Waals surface area contributed by atoms with Crippen LogP contribution in [0.2, 0.25) is 0 Å². The molecule has 80 valence electrons. The molecule has 0 saturated heterocycles. The minimum atomic E-state index is -1.03. The molecule has 0 rings (SSSR count). The van der Waals surface area contributed by atoms with Crippen molar-refractivity contribution in [2.24, 2.45) is 5.92 Å². The number of carbonyl (C=O) groups is 3. The summed E-state index contributed by atoms with van der Waals surface area (Å²) < 4.78 is 8.65. The number of Topliss-reactive ketones (excluding diaryl/α,β-unsaturated/α-hetero) is 1. The Kier molecular flexibility index (Phi) is 5.52. The number of esters is 2. The van der Waals surface area contributed by atoms with Crippen LogP contribution in [0.4, 0.5) is 0 Å². The Morgan fingerprint density at radius 1 is 1.14 bits per heavy atom. The third-order valence-electron chi connectivity index (χ3n) is 1.77. The lowest BCUT2D eigenvalue weighted by atomic mass is 9.99. The van der Waals surface area contributed by atoms with Gasteiger partial charge in [-0.3, -0.25) is 9.59 Å². The Bertz CT molecular complexity index is 233. The summed E-state index contributed by atoms with van der Waals surface area (Å²) in [4.78, 5) is 33.3. The van der Waals surface area contributed by atoms with Crippen LogP contribution in [0, 0.1) is 5.92 Å². The average molecular weight is 202 g/mol. The first kappa shape index (κ1) is 12.6. The molecule has 0 radical (unpaired) electrons. The molecule has 0 aromatic rings. The topological polar surface area (TPSA) is 69.7 Å². The third-order valence-corrected chi connectivity index (χ3v) is 1.77. The van der Waals surface area contributed by atoms with Crippen molar-refractivity contribution in [3.8, 4) is 0 Å². The summed E-state index contributed by atoms with van der Waals surface area (Å²) in [6, 6.07) is 0. The summed E-state index contributed by atoms with van der Waals surface area (Å²) in [5, 5.41) is 0. The van der Waals surface area contributed by atoms with Crippen LogP contribution in [0.25, 0.3) is 0 Å². The zero-order valence-electron chi connectivity index (χ0n) is 8.53. The molecule has 0 N–H and O–H groups in total. The number of ketones is 1. The van der Waals surface area contributed by atoms with Crippen LogP contribution in [0.5, 0.6) is 0 Å². The van der Waals surface area contributed by atoms with Crippen LogP contribution < -0.4 is 0 Å². The molecule has 0 saturated carbocycles. The molecule has 0 aliphatic rings. The van der Waals surface area contributed by atoms with Crippen LogP contribution in [-0.2, 0) is 23.9 Å². The molecule has 0 heterocycles. The van der Waals surface area contributed by atoms with E-state index in [1.165, 1.54) is 7.11 Å². The van der Waals surface area contributed by atoms with E-state index in [0.717, 1.165) is 7.11 Å². The first-order chi connectivity index (χ1) is 6.58. The smallest absolute Gasteiger partial charge is 0.375 e. The summed E-state index contributed by atoms with van der Waals surface area (Å²) in [7, 11) is 2.27. The maximum Gasteiger partial charge on any atom is 0.375 e. The number of ether oxygens (including phenoxy) is 2. The lowest BCUT2D eigenvalue weighted by Gasteiger charge is -2.10. The van der Waals surface area contributed by atoms with E-state index >= 15 is 0 Å². The highest BCUT2D eigenvalue weighted by molar-refractivity contribution is 6.37. The van der Waals surface area contributed by atoms with Crippen LogP contribution >= 0.6 is 0 Å². The number of methoxy groups -OCH3 is 2. The van der Waals surface area contributed by atoms with E-state index in [9.17, 15) is 14.4 Å². The van der Waals surface area contributed by atoms with Crippen LogP contribution in [0.1, 0.15) is 19.8 Å². The molecule has 0 aromatic heterocycles. The number of rotatable bonds is 5. The maximum atomic E-state index is 11.3. The Balaban J connectivity index is 4.56. The lowest BCUT2D eigenvalue weighted by Crippen LogP contribution is -2.31. The standard InChI is InChI=1S/C9H14O5/c1-4-5-6(8(11)13-2)7(10)9(12)14-3/h6H,4-5H2,1-3H3/t6-/m0/s1. The Hall–Kier alpha value is -1.39. The van der Waals surface area contributed by atoms with Gasteiger partial charge in [-0.1, -0.05) is 13.3 Å². The van der Waals surface area contributed by atoms with Gasteiger partial charge in [0.15, 0.2) is 0 Å². The van der Waals surface area contributed by atoms with Gasteiger partial charge < -0.3 is 9.47 Å². The van der Waals surface area contributed by atoms with Gasteiger partial charge in [0, 0.05) is 0 Å². The van der Waals surface area contributed by atoms with Gasteiger partial charge in [-0.25, -0.2) is 4.79 Å². The quantitative estimate of drug-likeness (QED) is 0.364. The first-order valence-electron chi connectivity index (χ1n) is 4.28. The van der Waals surface area contributed by atoms with Crippen molar-refractivity contribution in [3.05, 3.63) is 0 Å². The normalized spacial score (nSPS) is 11.6. The van der Waals surface area contributed by atoms with Gasteiger partial charge in [-0.15, -0.1) is 0 Å². The second-order valence-electron chi connectivity index (χ2n) is 2.72. The highest BCUT2D eigenvalue weighted by atomic mass is 16.5. The first-order valence-corrected chi connectivity index (χ1v) is 4.28. The van der Waals surface area contributed by atoms with E-state index in [-0.39, 0.29) is 0 Å². The summed E-state index contributed by atoms with van der Waals surface area (Å²) >= 11 is 0. The zero-order valence-corrected chi connectivity index (χ0v) is 8.53. The highest BCUT2D eigenvalue weighted by Crippen LogP contribution is 2.10. The molecule has 5 nitrogen and oxygen atoms in total. The number of hydrogen-bond donors (Lipinski definition) is 0. The summed E-state index contributed by atoms with van der Waals surface area (Å²) in [5.41, 5.74) is 0. The lowest BCUT2D eigenvalue weighted by molar-refractivity contribution is -0.160. The number of carbonyl (C=O) groups excluding carboxylic acids is 3. The van der Waals surface area contributed by atoms with Gasteiger partial charge in [0.05, 0.1) is 14.2 Å². The third kappa shape index (κ3) is 3.16. The van der Waals surface area contributed by atoms with Crippen molar-refractivity contribution in [2.45, 2.75) is 19.8 Å². The van der Waals surface area contributed by atoms with Crippen LogP contribution in [0.3, 0.4) is 0 Å². The largest absolute Gasteiger partial charge is 0.468 e. The Morgan fingerprint density at radius 2 is 1.71 bits per heavy atom. The Labute approximate surface area is 82.4 Å². The predicted octanol–water partition coefficient (Wildman–Crippen LogP) is 0.318. The van der Waals surface area contributed by atoms with Crippen molar-refractivity contribution in [1.29, 1.82) is 0 Å². The fourth-order valence-corrected chi connectivity index (χ4v) is 1.03. The molecule has 0 spiro atoms. The minimum absolute atomic E-state index is 0.292. The van der Waals surface area contributed by atoms with Crippen molar-refractivity contribution < 1.29 is 23.9 Å². The molecular weight excluding hydrogens is 188 g/mol. The van der Waals surface area contributed by atoms with Gasteiger partial charge in [0.25, 0.3) is 5.78 Å².